The maximum absolute atomic E-state index is 11.7. The molecular weight excluding hydrogens is 432 g/mol. The molecule has 0 spiro atoms. The van der Waals surface area contributed by atoms with E-state index in [1.165, 1.54) is 0 Å². The first-order valence-corrected chi connectivity index (χ1v) is 11.9. The first-order valence-electron chi connectivity index (χ1n) is 5.85. The van der Waals surface area contributed by atoms with Gasteiger partial charge in [0.05, 0.1) is 12.6 Å². The number of ether oxygens (including phenoxy) is 3. The standard InChI is InChI=1S/C6H10BO12P3S2/c7-5-4-3(16-6(23)17-4)2(15-5)1-14-21(11,12)19-22(13,24)18-20(8,9)10/h2-5H,1H2,(H,11,12)(H,13,24)(H2,8,9,10). The fourth-order valence-electron chi connectivity index (χ4n) is 1.89. The fourth-order valence-corrected chi connectivity index (χ4v) is 6.68. The van der Waals surface area contributed by atoms with Crippen LogP contribution in [0.1, 0.15) is 0 Å². The zero-order valence-corrected chi connectivity index (χ0v) is 15.6. The molecule has 2 fully saturated rings. The summed E-state index contributed by atoms with van der Waals surface area (Å²) in [6.45, 7) is -5.36. The highest BCUT2D eigenvalue weighted by Gasteiger charge is 2.51. The molecule has 2 rings (SSSR count). The van der Waals surface area contributed by atoms with Gasteiger partial charge in [0, 0.05) is 12.2 Å². The lowest BCUT2D eigenvalue weighted by Crippen LogP contribution is -2.31. The van der Waals surface area contributed by atoms with Crippen LogP contribution in [0.15, 0.2) is 0 Å². The molecule has 6 unspecified atom stereocenters. The Morgan fingerprint density at radius 2 is 1.71 bits per heavy atom. The number of phosphoric ester groups is 1. The zero-order chi connectivity index (χ0) is 18.3. The van der Waals surface area contributed by atoms with Crippen molar-refractivity contribution in [3.8, 4) is 0 Å². The lowest BCUT2D eigenvalue weighted by Gasteiger charge is -2.21. The summed E-state index contributed by atoms with van der Waals surface area (Å²) < 4.78 is 50.1. The fraction of sp³-hybridized carbons (Fsp3) is 0.833. The van der Waals surface area contributed by atoms with Crippen molar-refractivity contribution in [1.82, 2.24) is 0 Å². The normalized spacial score (nSPS) is 34.8. The molecule has 24 heavy (non-hydrogen) atoms. The van der Waals surface area contributed by atoms with Crippen LogP contribution in [-0.2, 0) is 48.3 Å². The number of hydrogen-bond acceptors (Lipinski definition) is 10. The minimum Gasteiger partial charge on any atom is -0.448 e. The van der Waals surface area contributed by atoms with Gasteiger partial charge in [-0.2, -0.15) is 0 Å². The van der Waals surface area contributed by atoms with Gasteiger partial charge in [-0.15, -0.1) is 0 Å². The van der Waals surface area contributed by atoms with Gasteiger partial charge in [-0.05, 0) is 11.8 Å². The molecule has 0 saturated carbocycles. The molecule has 0 aliphatic carbocycles. The van der Waals surface area contributed by atoms with Crippen molar-refractivity contribution in [2.24, 2.45) is 0 Å². The molecule has 2 aliphatic rings. The average Bonchev–Trinajstić information content (AvgIpc) is 2.82. The summed E-state index contributed by atoms with van der Waals surface area (Å²) in [5.74, 6) is 0. The van der Waals surface area contributed by atoms with E-state index in [1.54, 1.807) is 0 Å². The smallest absolute Gasteiger partial charge is 0.448 e. The molecule has 18 heteroatoms. The van der Waals surface area contributed by atoms with Crippen molar-refractivity contribution in [3.63, 3.8) is 0 Å². The van der Waals surface area contributed by atoms with Crippen molar-refractivity contribution in [2.75, 3.05) is 6.61 Å². The summed E-state index contributed by atoms with van der Waals surface area (Å²) in [5.41, 5.74) is 0. The third-order valence-electron chi connectivity index (χ3n) is 2.63. The van der Waals surface area contributed by atoms with E-state index in [4.69, 9.17) is 44.1 Å². The van der Waals surface area contributed by atoms with Crippen LogP contribution in [0.2, 0.25) is 0 Å². The topological polar surface area (TPSA) is 170 Å². The first kappa shape index (κ1) is 20.9. The maximum atomic E-state index is 11.7. The van der Waals surface area contributed by atoms with E-state index >= 15 is 0 Å². The molecule has 0 aromatic carbocycles. The summed E-state index contributed by atoms with van der Waals surface area (Å²) in [5, 5.41) is -0.168. The van der Waals surface area contributed by atoms with Gasteiger partial charge in [0.25, 0.3) is 0 Å². The van der Waals surface area contributed by atoms with E-state index in [2.05, 4.69) is 25.0 Å². The third-order valence-corrected chi connectivity index (χ3v) is 7.82. The molecule has 4 N–H and O–H groups in total. The van der Waals surface area contributed by atoms with Gasteiger partial charge in [0.15, 0.2) is 12.2 Å². The summed E-state index contributed by atoms with van der Waals surface area (Å²) in [6.07, 6.45) is -2.49. The van der Waals surface area contributed by atoms with Crippen LogP contribution >= 0.6 is 34.6 Å². The summed E-state index contributed by atoms with van der Waals surface area (Å²) in [4.78, 5) is 35.9. The average molecular weight is 442 g/mol. The van der Waals surface area contributed by atoms with Crippen molar-refractivity contribution in [2.45, 2.75) is 24.3 Å². The molecule has 2 aliphatic heterocycles. The molecule has 12 nitrogen and oxygen atoms in total. The molecule has 136 valence electrons. The highest BCUT2D eigenvalue weighted by Crippen LogP contribution is 2.66. The number of rotatable bonds is 7. The molecule has 0 amide bonds. The lowest BCUT2D eigenvalue weighted by molar-refractivity contribution is -0.00339. The quantitative estimate of drug-likeness (QED) is 0.224. The van der Waals surface area contributed by atoms with E-state index in [1.807, 2.05) is 0 Å². The van der Waals surface area contributed by atoms with Crippen LogP contribution in [0.25, 0.3) is 0 Å². The minimum atomic E-state index is -5.25. The van der Waals surface area contributed by atoms with Gasteiger partial charge in [0.2, 0.25) is 0 Å². The van der Waals surface area contributed by atoms with Gasteiger partial charge in [-0.3, -0.25) is 4.52 Å². The summed E-state index contributed by atoms with van der Waals surface area (Å²) in [7, 11) is -4.68. The predicted octanol–water partition coefficient (Wildman–Crippen LogP) is -0.592. The van der Waals surface area contributed by atoms with Crippen LogP contribution < -0.4 is 0 Å². The molecule has 0 aromatic heterocycles. The second kappa shape index (κ2) is 7.28. The number of fused-ring (bicyclic) bond motifs is 1. The Bertz CT molecular complexity index is 653. The second-order valence-electron chi connectivity index (χ2n) is 4.44. The van der Waals surface area contributed by atoms with E-state index in [9.17, 15) is 18.9 Å². The van der Waals surface area contributed by atoms with Crippen molar-refractivity contribution in [1.29, 1.82) is 0 Å². The zero-order valence-electron chi connectivity index (χ0n) is 11.3. The van der Waals surface area contributed by atoms with Crippen LogP contribution in [0.3, 0.4) is 0 Å². The van der Waals surface area contributed by atoms with E-state index in [0.29, 0.717) is 0 Å². The van der Waals surface area contributed by atoms with Gasteiger partial charge in [-0.1, -0.05) is 0 Å². The Morgan fingerprint density at radius 1 is 1.12 bits per heavy atom. The van der Waals surface area contributed by atoms with Crippen LogP contribution in [0.4, 0.5) is 0 Å². The molecule has 0 bridgehead atoms. The highest BCUT2D eigenvalue weighted by atomic mass is 32.5. The van der Waals surface area contributed by atoms with Crippen LogP contribution in [0, 0.1) is 0 Å². The maximum Gasteiger partial charge on any atom is 0.479 e. The van der Waals surface area contributed by atoms with Crippen molar-refractivity contribution in [3.05, 3.63) is 0 Å². The number of phosphoric acid groups is 2. The van der Waals surface area contributed by atoms with E-state index in [-0.39, 0.29) is 5.24 Å². The molecular formula is C6H10BO12P3S2. The Labute approximate surface area is 146 Å². The highest BCUT2D eigenvalue weighted by molar-refractivity contribution is 8.09. The van der Waals surface area contributed by atoms with Gasteiger partial charge >= 0.3 is 27.6 Å². The Hall–Kier alpha value is 0.545. The molecule has 0 aromatic rings. The van der Waals surface area contributed by atoms with Crippen LogP contribution in [-0.4, -0.2) is 63.6 Å². The summed E-state index contributed by atoms with van der Waals surface area (Å²) >= 11 is 8.90. The first-order chi connectivity index (χ1) is 10.8. The summed E-state index contributed by atoms with van der Waals surface area (Å²) in [6, 6.07) is -0.926. The van der Waals surface area contributed by atoms with E-state index in [0.717, 1.165) is 0 Å². The van der Waals surface area contributed by atoms with Gasteiger partial charge in [0.1, 0.15) is 14.0 Å². The molecule has 2 radical (unpaired) electrons. The minimum absolute atomic E-state index is 0.168. The molecule has 6 atom stereocenters. The Balaban J connectivity index is 1.93. The van der Waals surface area contributed by atoms with Crippen molar-refractivity contribution < 1.29 is 56.1 Å². The SMILES string of the molecule is [B]C1OC(COP(=O)(O)OP(O)(=S)OP(=O)(O)O)C2OC(=S)OC12. The Morgan fingerprint density at radius 3 is 2.29 bits per heavy atom. The van der Waals surface area contributed by atoms with Crippen molar-refractivity contribution >= 4 is 59.5 Å². The van der Waals surface area contributed by atoms with E-state index < -0.39 is 53.3 Å². The largest absolute Gasteiger partial charge is 0.479 e. The second-order valence-corrected chi connectivity index (χ2v) is 10.6. The Kier molecular flexibility index (Phi) is 6.32. The number of hydrogen-bond donors (Lipinski definition) is 4. The van der Waals surface area contributed by atoms with Crippen LogP contribution in [0.5, 0.6) is 0 Å². The molecule has 2 saturated heterocycles. The lowest BCUT2D eigenvalue weighted by atomic mass is 9.93. The predicted molar refractivity (Wildman–Crippen MR) is 83.3 cm³/mol. The molecule has 2 heterocycles. The monoisotopic (exact) mass is 442 g/mol. The third kappa shape index (κ3) is 5.78. The van der Waals surface area contributed by atoms with Gasteiger partial charge in [-0.25, -0.2) is 17.8 Å². The number of thiocarbonyl (C=S) groups is 1. The van der Waals surface area contributed by atoms with Gasteiger partial charge < -0.3 is 33.8 Å².